The van der Waals surface area contributed by atoms with Crippen molar-refractivity contribution < 1.29 is 14.6 Å². The van der Waals surface area contributed by atoms with Crippen LogP contribution in [-0.4, -0.2) is 16.1 Å². The molecule has 0 amide bonds. The van der Waals surface area contributed by atoms with Crippen LogP contribution in [0.5, 0.6) is 5.75 Å². The number of nitrogens with zero attached hydrogens (tertiary/aromatic N) is 1. The zero-order chi connectivity index (χ0) is 14.8. The number of benzene rings is 1. The summed E-state index contributed by atoms with van der Waals surface area (Å²) in [4.78, 5) is 15.1. The average Bonchev–Trinajstić information content (AvgIpc) is 2.41. The average molecular weight is 272 g/mol. The molecule has 3 N–H and O–H groups in total. The molecule has 0 unspecified atom stereocenters. The number of aromatic nitrogens is 1. The van der Waals surface area contributed by atoms with E-state index in [-0.39, 0.29) is 11.3 Å². The summed E-state index contributed by atoms with van der Waals surface area (Å²) in [6.45, 7) is 3.75. The van der Waals surface area contributed by atoms with Crippen molar-refractivity contribution in [3.63, 3.8) is 0 Å². The van der Waals surface area contributed by atoms with Crippen LogP contribution in [0.25, 0.3) is 0 Å². The number of carbonyl (C=O) groups is 1. The van der Waals surface area contributed by atoms with Gasteiger partial charge in [-0.05, 0) is 44.2 Å². The first-order valence-corrected chi connectivity index (χ1v) is 6.13. The van der Waals surface area contributed by atoms with Gasteiger partial charge in [-0.15, -0.1) is 0 Å². The number of nitrogen functional groups attached to an aromatic ring is 1. The Morgan fingerprint density at radius 1 is 1.30 bits per heavy atom. The largest absolute Gasteiger partial charge is 0.479 e. The molecule has 0 aliphatic rings. The van der Waals surface area contributed by atoms with Crippen LogP contribution in [-0.2, 0) is 5.60 Å². The van der Waals surface area contributed by atoms with E-state index in [0.29, 0.717) is 5.75 Å². The van der Waals surface area contributed by atoms with Gasteiger partial charge in [-0.1, -0.05) is 6.07 Å². The summed E-state index contributed by atoms with van der Waals surface area (Å²) >= 11 is 0. The zero-order valence-corrected chi connectivity index (χ0v) is 11.3. The minimum Gasteiger partial charge on any atom is -0.479 e. The molecule has 0 aliphatic heterocycles. The third-order valence-corrected chi connectivity index (χ3v) is 2.90. The van der Waals surface area contributed by atoms with Crippen LogP contribution in [0.3, 0.4) is 0 Å². The van der Waals surface area contributed by atoms with E-state index in [4.69, 9.17) is 15.6 Å². The molecule has 104 valence electrons. The molecule has 0 atom stereocenters. The topological polar surface area (TPSA) is 85.4 Å². The van der Waals surface area contributed by atoms with Crippen LogP contribution < -0.4 is 10.5 Å². The Bertz CT molecular complexity index is 624. The molecule has 5 nitrogen and oxygen atoms in total. The molecule has 1 heterocycles. The van der Waals surface area contributed by atoms with E-state index < -0.39 is 11.6 Å². The van der Waals surface area contributed by atoms with Crippen LogP contribution in [0, 0.1) is 0 Å². The first kappa shape index (κ1) is 13.9. The highest BCUT2D eigenvalue weighted by atomic mass is 16.5. The van der Waals surface area contributed by atoms with Crippen LogP contribution in [0.1, 0.15) is 29.9 Å². The number of aromatic carboxylic acids is 1. The second-order valence-corrected chi connectivity index (χ2v) is 4.89. The normalized spacial score (nSPS) is 11.1. The lowest BCUT2D eigenvalue weighted by Gasteiger charge is -2.26. The Morgan fingerprint density at radius 2 is 2.05 bits per heavy atom. The first-order chi connectivity index (χ1) is 9.40. The number of carboxylic acid groups (broad SMARTS) is 1. The highest BCUT2D eigenvalue weighted by Crippen LogP contribution is 2.30. The van der Waals surface area contributed by atoms with Gasteiger partial charge in [0.05, 0.1) is 16.9 Å². The Hall–Kier alpha value is -2.56. The molecule has 0 aliphatic carbocycles. The van der Waals surface area contributed by atoms with Gasteiger partial charge in [0.2, 0.25) is 0 Å². The Morgan fingerprint density at radius 3 is 2.60 bits per heavy atom. The fourth-order valence-electron chi connectivity index (χ4n) is 1.82. The fourth-order valence-corrected chi connectivity index (χ4v) is 1.82. The van der Waals surface area contributed by atoms with E-state index in [1.165, 1.54) is 12.1 Å². The van der Waals surface area contributed by atoms with Gasteiger partial charge in [-0.3, -0.25) is 4.98 Å². The molecule has 1 aromatic heterocycles. The molecule has 20 heavy (non-hydrogen) atoms. The Labute approximate surface area is 117 Å². The fraction of sp³-hybridized carbons (Fsp3) is 0.200. The summed E-state index contributed by atoms with van der Waals surface area (Å²) in [6, 6.07) is 9.97. The molecule has 1 aromatic carbocycles. The van der Waals surface area contributed by atoms with Crippen molar-refractivity contribution in [3.05, 3.63) is 53.9 Å². The lowest BCUT2D eigenvalue weighted by atomic mass is 10.0. The van der Waals surface area contributed by atoms with Crippen LogP contribution >= 0.6 is 0 Å². The van der Waals surface area contributed by atoms with Crippen molar-refractivity contribution in [2.75, 3.05) is 5.73 Å². The SMILES string of the molecule is CC(C)(Oc1ccc(C(=O)O)cc1N)c1ccccn1. The highest BCUT2D eigenvalue weighted by molar-refractivity contribution is 5.89. The van der Waals surface area contributed by atoms with Gasteiger partial charge in [0.1, 0.15) is 11.4 Å². The molecule has 2 aromatic rings. The van der Waals surface area contributed by atoms with Gasteiger partial charge in [0.15, 0.2) is 0 Å². The number of hydrogen-bond acceptors (Lipinski definition) is 4. The smallest absolute Gasteiger partial charge is 0.335 e. The summed E-state index contributed by atoms with van der Waals surface area (Å²) in [6.07, 6.45) is 1.69. The quantitative estimate of drug-likeness (QED) is 0.836. The molecule has 5 heteroatoms. The zero-order valence-electron chi connectivity index (χ0n) is 11.3. The van der Waals surface area contributed by atoms with E-state index in [1.54, 1.807) is 12.3 Å². The maximum absolute atomic E-state index is 10.9. The van der Waals surface area contributed by atoms with Crippen molar-refractivity contribution in [2.24, 2.45) is 0 Å². The molecule has 0 bridgehead atoms. The van der Waals surface area contributed by atoms with Crippen LogP contribution in [0.2, 0.25) is 0 Å². The molecule has 2 rings (SSSR count). The van der Waals surface area contributed by atoms with E-state index in [9.17, 15) is 4.79 Å². The maximum Gasteiger partial charge on any atom is 0.335 e. The van der Waals surface area contributed by atoms with Crippen molar-refractivity contribution >= 4 is 11.7 Å². The third kappa shape index (κ3) is 2.88. The van der Waals surface area contributed by atoms with Gasteiger partial charge in [-0.2, -0.15) is 0 Å². The number of hydrogen-bond donors (Lipinski definition) is 2. The molecule has 0 fully saturated rings. The monoisotopic (exact) mass is 272 g/mol. The summed E-state index contributed by atoms with van der Waals surface area (Å²) in [7, 11) is 0. The molecule has 0 spiro atoms. The van der Waals surface area contributed by atoms with E-state index in [0.717, 1.165) is 5.69 Å². The summed E-state index contributed by atoms with van der Waals surface area (Å²) in [5.74, 6) is -0.585. The highest BCUT2D eigenvalue weighted by Gasteiger charge is 2.25. The van der Waals surface area contributed by atoms with Gasteiger partial charge < -0.3 is 15.6 Å². The van der Waals surface area contributed by atoms with Gasteiger partial charge in [0.25, 0.3) is 0 Å². The first-order valence-electron chi connectivity index (χ1n) is 6.13. The minimum atomic E-state index is -1.02. The number of ether oxygens (including phenoxy) is 1. The second kappa shape index (κ2) is 5.21. The molecular formula is C15H16N2O3. The third-order valence-electron chi connectivity index (χ3n) is 2.90. The summed E-state index contributed by atoms with van der Waals surface area (Å²) < 4.78 is 5.87. The lowest BCUT2D eigenvalue weighted by molar-refractivity contribution is 0.0696. The standard InChI is InChI=1S/C15H16N2O3/c1-15(2,13-5-3-4-8-17-13)20-12-7-6-10(14(18)19)9-11(12)16/h3-9H,16H2,1-2H3,(H,18,19). The minimum absolute atomic E-state index is 0.130. The predicted octanol–water partition coefficient (Wildman–Crippen LogP) is 2.68. The van der Waals surface area contributed by atoms with E-state index >= 15 is 0 Å². The number of carboxylic acids is 1. The molecule has 0 radical (unpaired) electrons. The number of rotatable bonds is 4. The maximum atomic E-state index is 10.9. The van der Waals surface area contributed by atoms with Crippen molar-refractivity contribution in [2.45, 2.75) is 19.4 Å². The van der Waals surface area contributed by atoms with Crippen LogP contribution in [0.4, 0.5) is 5.69 Å². The van der Waals surface area contributed by atoms with Crippen LogP contribution in [0.15, 0.2) is 42.6 Å². The Balaban J connectivity index is 2.28. The summed E-state index contributed by atoms with van der Waals surface area (Å²) in [5.41, 5.74) is 6.35. The van der Waals surface area contributed by atoms with Crippen molar-refractivity contribution in [1.82, 2.24) is 4.98 Å². The summed E-state index contributed by atoms with van der Waals surface area (Å²) in [5, 5.41) is 8.90. The van der Waals surface area contributed by atoms with Gasteiger partial charge in [-0.25, -0.2) is 4.79 Å². The molecule has 0 saturated heterocycles. The molecular weight excluding hydrogens is 256 g/mol. The predicted molar refractivity (Wildman–Crippen MR) is 75.7 cm³/mol. The van der Waals surface area contributed by atoms with E-state index in [1.807, 2.05) is 32.0 Å². The van der Waals surface area contributed by atoms with Gasteiger partial charge >= 0.3 is 5.97 Å². The lowest BCUT2D eigenvalue weighted by Crippen LogP contribution is -2.26. The Kier molecular flexibility index (Phi) is 3.61. The molecule has 0 saturated carbocycles. The number of nitrogens with two attached hydrogens (primary N) is 1. The number of pyridine rings is 1. The van der Waals surface area contributed by atoms with Crippen molar-refractivity contribution in [3.8, 4) is 5.75 Å². The van der Waals surface area contributed by atoms with E-state index in [2.05, 4.69) is 4.98 Å². The van der Waals surface area contributed by atoms with Crippen molar-refractivity contribution in [1.29, 1.82) is 0 Å². The number of anilines is 1. The van der Waals surface area contributed by atoms with Gasteiger partial charge in [0, 0.05) is 6.20 Å². The second-order valence-electron chi connectivity index (χ2n) is 4.89.